The number of carbonyl (C=O) groups excluding carboxylic acids is 1. The lowest BCUT2D eigenvalue weighted by atomic mass is 9.87. The second-order valence-corrected chi connectivity index (χ2v) is 11.8. The molecule has 0 aliphatic heterocycles. The number of ether oxygens (including phenoxy) is 2. The molecular weight excluding hydrogens is 650 g/mol. The van der Waals surface area contributed by atoms with Crippen LogP contribution in [0.3, 0.4) is 0 Å². The van der Waals surface area contributed by atoms with Gasteiger partial charge in [0.05, 0.1) is 26.0 Å². The van der Waals surface area contributed by atoms with E-state index < -0.39 is 5.97 Å². The van der Waals surface area contributed by atoms with Crippen LogP contribution in [0.4, 0.5) is 17.3 Å². The summed E-state index contributed by atoms with van der Waals surface area (Å²) in [6.07, 6.45) is 4.77. The molecule has 4 heterocycles. The maximum Gasteiger partial charge on any atom is 0.339 e. The van der Waals surface area contributed by atoms with E-state index in [1.807, 2.05) is 36.4 Å². The normalized spacial score (nSPS) is 10.7. The van der Waals surface area contributed by atoms with Gasteiger partial charge in [0, 0.05) is 43.3 Å². The molecule has 0 fully saturated rings. The first-order valence-corrected chi connectivity index (χ1v) is 15.3. The van der Waals surface area contributed by atoms with Crippen LogP contribution >= 0.6 is 11.6 Å². The zero-order valence-corrected chi connectivity index (χ0v) is 28.3. The molecule has 0 saturated carbocycles. The molecule has 15 heteroatoms. The fraction of sp³-hybridized carbons (Fsp3) is 0.235. The number of amides is 1. The SMILES string of the molecule is COc1cc(CNc2nnc(Cl)cc2C(=O)O)ccn1.COc1cc(CNc2nnccc2C(=O)Nc2ccc(C(C)(C)C)cc2)ccn1. The number of hydrogen-bond donors (Lipinski definition) is 4. The summed E-state index contributed by atoms with van der Waals surface area (Å²) in [6.45, 7) is 7.27. The van der Waals surface area contributed by atoms with Crippen LogP contribution in [-0.2, 0) is 18.5 Å². The van der Waals surface area contributed by atoms with E-state index in [4.69, 9.17) is 26.2 Å². The highest BCUT2D eigenvalue weighted by atomic mass is 35.5. The first kappa shape index (κ1) is 36.0. The number of aromatic carboxylic acids is 1. The van der Waals surface area contributed by atoms with Crippen molar-refractivity contribution in [1.82, 2.24) is 30.4 Å². The van der Waals surface area contributed by atoms with Gasteiger partial charge in [0.15, 0.2) is 16.8 Å². The summed E-state index contributed by atoms with van der Waals surface area (Å²) in [5, 5.41) is 33.4. The molecule has 14 nitrogen and oxygen atoms in total. The Hall–Kier alpha value is -5.89. The molecule has 5 aromatic rings. The van der Waals surface area contributed by atoms with Gasteiger partial charge in [0.1, 0.15) is 5.56 Å². The molecular formula is C34H36ClN9O5. The Bertz CT molecular complexity index is 1890. The first-order valence-electron chi connectivity index (χ1n) is 14.9. The number of anilines is 3. The van der Waals surface area contributed by atoms with Gasteiger partial charge in [-0.05, 0) is 58.5 Å². The highest BCUT2D eigenvalue weighted by Crippen LogP contribution is 2.24. The quantitative estimate of drug-likeness (QED) is 0.129. The molecule has 49 heavy (non-hydrogen) atoms. The summed E-state index contributed by atoms with van der Waals surface area (Å²) < 4.78 is 10.1. The molecule has 0 bridgehead atoms. The number of hydrogen-bond acceptors (Lipinski definition) is 12. The minimum absolute atomic E-state index is 0.0264. The molecule has 0 unspecified atom stereocenters. The molecule has 0 aliphatic carbocycles. The van der Waals surface area contributed by atoms with Gasteiger partial charge in [-0.25, -0.2) is 14.8 Å². The number of carboxylic acids is 1. The van der Waals surface area contributed by atoms with Gasteiger partial charge in [-0.15, -0.1) is 15.3 Å². The lowest BCUT2D eigenvalue weighted by Crippen LogP contribution is -2.17. The van der Waals surface area contributed by atoms with E-state index in [0.29, 0.717) is 36.2 Å². The van der Waals surface area contributed by atoms with E-state index in [2.05, 4.69) is 67.1 Å². The van der Waals surface area contributed by atoms with Gasteiger partial charge < -0.3 is 30.5 Å². The molecule has 4 aromatic heterocycles. The second-order valence-electron chi connectivity index (χ2n) is 11.4. The zero-order chi connectivity index (χ0) is 35.4. The minimum atomic E-state index is -1.13. The van der Waals surface area contributed by atoms with E-state index in [-0.39, 0.29) is 27.9 Å². The van der Waals surface area contributed by atoms with Crippen molar-refractivity contribution in [3.05, 3.63) is 112 Å². The Balaban J connectivity index is 0.000000237. The monoisotopic (exact) mass is 685 g/mol. The number of carbonyl (C=O) groups is 2. The van der Waals surface area contributed by atoms with Gasteiger partial charge >= 0.3 is 5.97 Å². The van der Waals surface area contributed by atoms with Crippen LogP contribution in [0, 0.1) is 0 Å². The lowest BCUT2D eigenvalue weighted by molar-refractivity contribution is 0.0697. The van der Waals surface area contributed by atoms with Gasteiger partial charge in [0.25, 0.3) is 5.91 Å². The Morgan fingerprint density at radius 1 is 0.755 bits per heavy atom. The molecule has 0 aliphatic rings. The number of nitrogens with one attached hydrogen (secondary N) is 3. The minimum Gasteiger partial charge on any atom is -0.481 e. The van der Waals surface area contributed by atoms with E-state index in [0.717, 1.165) is 16.8 Å². The molecule has 0 atom stereocenters. The van der Waals surface area contributed by atoms with Crippen LogP contribution in [0.1, 0.15) is 58.2 Å². The molecule has 4 N–H and O–H groups in total. The van der Waals surface area contributed by atoms with Crippen LogP contribution in [-0.4, -0.2) is 61.6 Å². The van der Waals surface area contributed by atoms with Crippen molar-refractivity contribution in [2.75, 3.05) is 30.2 Å². The predicted molar refractivity (Wildman–Crippen MR) is 185 cm³/mol. The number of aromatic nitrogens is 6. The molecule has 0 radical (unpaired) electrons. The van der Waals surface area contributed by atoms with Gasteiger partial charge in [-0.1, -0.05) is 44.5 Å². The van der Waals surface area contributed by atoms with Gasteiger partial charge in [-0.2, -0.15) is 5.10 Å². The summed E-state index contributed by atoms with van der Waals surface area (Å²) in [5.41, 5.74) is 4.19. The van der Waals surface area contributed by atoms with E-state index >= 15 is 0 Å². The number of rotatable bonds is 11. The third-order valence-corrected chi connectivity index (χ3v) is 7.09. The average Bonchev–Trinajstić information content (AvgIpc) is 3.10. The van der Waals surface area contributed by atoms with Crippen molar-refractivity contribution in [1.29, 1.82) is 0 Å². The summed E-state index contributed by atoms with van der Waals surface area (Å²) in [7, 11) is 3.09. The second kappa shape index (κ2) is 16.8. The molecule has 0 spiro atoms. The summed E-state index contributed by atoms with van der Waals surface area (Å²) in [5.74, 6) is 0.185. The van der Waals surface area contributed by atoms with E-state index in [1.165, 1.54) is 24.9 Å². The van der Waals surface area contributed by atoms with Crippen molar-refractivity contribution in [3.63, 3.8) is 0 Å². The van der Waals surface area contributed by atoms with Crippen molar-refractivity contribution >= 4 is 40.8 Å². The number of carboxylic acid groups (broad SMARTS) is 1. The van der Waals surface area contributed by atoms with Crippen LogP contribution in [0.2, 0.25) is 5.15 Å². The number of nitrogens with zero attached hydrogens (tertiary/aromatic N) is 6. The van der Waals surface area contributed by atoms with Crippen LogP contribution in [0.5, 0.6) is 11.8 Å². The number of pyridine rings is 2. The third kappa shape index (κ3) is 10.6. The van der Waals surface area contributed by atoms with Gasteiger partial charge in [0.2, 0.25) is 11.8 Å². The Morgan fingerprint density at radius 2 is 1.33 bits per heavy atom. The third-order valence-electron chi connectivity index (χ3n) is 6.91. The van der Waals surface area contributed by atoms with Crippen molar-refractivity contribution < 1.29 is 24.2 Å². The summed E-state index contributed by atoms with van der Waals surface area (Å²) in [4.78, 5) is 31.9. The summed E-state index contributed by atoms with van der Waals surface area (Å²) in [6, 6.07) is 17.9. The smallest absolute Gasteiger partial charge is 0.339 e. The lowest BCUT2D eigenvalue weighted by Gasteiger charge is -2.19. The number of benzene rings is 1. The molecule has 0 saturated heterocycles. The highest BCUT2D eigenvalue weighted by molar-refractivity contribution is 6.29. The fourth-order valence-corrected chi connectivity index (χ4v) is 4.42. The Morgan fingerprint density at radius 3 is 1.86 bits per heavy atom. The fourth-order valence-electron chi connectivity index (χ4n) is 4.27. The van der Waals surface area contributed by atoms with Crippen molar-refractivity contribution in [2.45, 2.75) is 39.3 Å². The van der Waals surface area contributed by atoms with Crippen LogP contribution in [0.15, 0.2) is 79.3 Å². The van der Waals surface area contributed by atoms with Crippen LogP contribution < -0.4 is 25.4 Å². The maximum atomic E-state index is 12.8. The number of methoxy groups -OCH3 is 2. The zero-order valence-electron chi connectivity index (χ0n) is 27.6. The standard InChI is InChI=1S/C22H25N5O2.C12H11ClN4O3/c1-22(2,3)16-5-7-17(8-6-16)26-21(28)18-10-12-25-27-20(18)24-14-15-9-11-23-19(13-15)29-4;1-20-10-4-7(2-3-14-10)6-15-11-8(12(18)19)5-9(13)16-17-11/h5-13H,14H2,1-4H3,(H,24,27)(H,26,28);2-5H,6H2,1H3,(H,15,17)(H,18,19). The largest absolute Gasteiger partial charge is 0.481 e. The van der Waals surface area contributed by atoms with Crippen molar-refractivity contribution in [3.8, 4) is 11.8 Å². The molecule has 254 valence electrons. The van der Waals surface area contributed by atoms with Gasteiger partial charge in [-0.3, -0.25) is 4.79 Å². The Labute approximate surface area is 288 Å². The predicted octanol–water partition coefficient (Wildman–Crippen LogP) is 5.89. The maximum absolute atomic E-state index is 12.8. The van der Waals surface area contributed by atoms with E-state index in [9.17, 15) is 9.59 Å². The van der Waals surface area contributed by atoms with E-state index in [1.54, 1.807) is 37.7 Å². The van der Waals surface area contributed by atoms with Crippen molar-refractivity contribution in [2.24, 2.45) is 0 Å². The first-order chi connectivity index (χ1) is 23.5. The Kier molecular flexibility index (Phi) is 12.3. The van der Waals surface area contributed by atoms with Crippen LogP contribution in [0.25, 0.3) is 0 Å². The molecule has 1 aromatic carbocycles. The summed E-state index contributed by atoms with van der Waals surface area (Å²) >= 11 is 5.63. The number of halogens is 1. The topological polar surface area (TPSA) is 186 Å². The highest BCUT2D eigenvalue weighted by Gasteiger charge is 2.16. The molecule has 5 rings (SSSR count). The molecule has 1 amide bonds. The average molecular weight is 686 g/mol.